The van der Waals surface area contributed by atoms with Crippen LogP contribution in [0.4, 0.5) is 4.79 Å². The van der Waals surface area contributed by atoms with E-state index in [0.29, 0.717) is 12.0 Å². The fourth-order valence-corrected chi connectivity index (χ4v) is 13.7. The molecule has 3 N–H and O–H groups in total. The van der Waals surface area contributed by atoms with E-state index in [-0.39, 0.29) is 48.5 Å². The van der Waals surface area contributed by atoms with Gasteiger partial charge in [-0.05, 0) is 93.3 Å². The van der Waals surface area contributed by atoms with Gasteiger partial charge >= 0.3 is 30.0 Å². The normalized spacial score (nSPS) is 28.5. The highest BCUT2D eigenvalue weighted by Crippen LogP contribution is 2.64. The van der Waals surface area contributed by atoms with E-state index in [1.165, 1.54) is 64.5 Å². The van der Waals surface area contributed by atoms with Crippen LogP contribution < -0.4 is 5.32 Å². The van der Waals surface area contributed by atoms with E-state index in [9.17, 15) is 34.2 Å². The summed E-state index contributed by atoms with van der Waals surface area (Å²) in [5.41, 5.74) is -7.59. The number of rotatable bonds is 28. The van der Waals surface area contributed by atoms with Crippen LogP contribution in [-0.2, 0) is 61.8 Å². The number of ether oxygens (including phenoxy) is 9. The number of fused-ring (bicyclic) bond motifs is 5. The lowest BCUT2D eigenvalue weighted by atomic mass is 9.44. The Morgan fingerprint density at radius 1 is 0.750 bits per heavy atom. The summed E-state index contributed by atoms with van der Waals surface area (Å²) < 4.78 is 54.7. The molecule has 2 aliphatic heterocycles. The fourth-order valence-electron chi connectivity index (χ4n) is 13.7. The minimum absolute atomic E-state index is 0.0405. The number of aliphatic hydroxyl groups is 2. The molecule has 19 heteroatoms. The van der Waals surface area contributed by atoms with Gasteiger partial charge in [0, 0.05) is 37.7 Å². The number of esters is 4. The summed E-state index contributed by atoms with van der Waals surface area (Å²) in [6.07, 6.45) is 6.99. The van der Waals surface area contributed by atoms with Crippen molar-refractivity contribution in [3.8, 4) is 0 Å². The van der Waals surface area contributed by atoms with E-state index in [1.807, 2.05) is 0 Å². The predicted octanol–water partition coefficient (Wildman–Crippen LogP) is 10.7. The molecule has 1 amide bonds. The summed E-state index contributed by atoms with van der Waals surface area (Å²) in [6, 6.07) is 22.7. The highest BCUT2D eigenvalue weighted by atomic mass is 16.8. The second kappa shape index (κ2) is 30.2. The topological polar surface area (TPSA) is 255 Å². The first kappa shape index (κ1) is 67.2. The molecule has 8 rings (SSSR count). The van der Waals surface area contributed by atoms with Crippen molar-refractivity contribution in [1.29, 1.82) is 0 Å². The number of ketones is 1. The lowest BCUT2D eigenvalue weighted by molar-refractivity contribution is -0.346. The summed E-state index contributed by atoms with van der Waals surface area (Å²) in [5, 5.41) is 29.3. The quantitative estimate of drug-likeness (QED) is 0.0264. The Morgan fingerprint density at radius 3 is 1.95 bits per heavy atom. The van der Waals surface area contributed by atoms with Crippen LogP contribution in [0.1, 0.15) is 184 Å². The van der Waals surface area contributed by atoms with Gasteiger partial charge in [0.2, 0.25) is 6.10 Å². The number of unbranched alkanes of at least 4 members (excludes halogenated alkanes) is 11. The van der Waals surface area contributed by atoms with Crippen molar-refractivity contribution in [2.24, 2.45) is 16.7 Å². The average Bonchev–Trinajstić information content (AvgIpc) is 0.817. The Labute approximate surface area is 516 Å². The molecule has 0 radical (unpaired) electrons. The summed E-state index contributed by atoms with van der Waals surface area (Å²) in [6.45, 7) is 9.94. The molecule has 2 saturated heterocycles. The van der Waals surface area contributed by atoms with Gasteiger partial charge in [-0.2, -0.15) is 0 Å². The maximum absolute atomic E-state index is 15.9. The van der Waals surface area contributed by atoms with E-state index < -0.39 is 131 Å². The molecule has 2 heterocycles. The Bertz CT molecular complexity index is 2950. The van der Waals surface area contributed by atoms with Crippen LogP contribution in [0, 0.1) is 16.7 Å². The third kappa shape index (κ3) is 15.1. The Balaban J connectivity index is 1.06. The smallest absolute Gasteiger partial charge is 0.455 e. The highest BCUT2D eigenvalue weighted by molar-refractivity contribution is 5.96. The molecular weight excluding hydrogens is 1130 g/mol. The molecule has 2 bridgehead atoms. The van der Waals surface area contributed by atoms with Gasteiger partial charge in [-0.15, -0.1) is 0 Å². The molecule has 88 heavy (non-hydrogen) atoms. The molecule has 2 saturated carbocycles. The molecule has 3 aromatic rings. The first-order valence-electron chi connectivity index (χ1n) is 31.4. The number of Topliss-reactive ketones (excluding diaryl/α,β-unsaturated/α-hetero) is 1. The maximum atomic E-state index is 15.9. The molecule has 19 nitrogen and oxygen atoms in total. The van der Waals surface area contributed by atoms with E-state index in [1.54, 1.807) is 92.7 Å². The number of nitrogens with one attached hydrogen (secondary N) is 1. The van der Waals surface area contributed by atoms with Gasteiger partial charge < -0.3 is 58.2 Å². The summed E-state index contributed by atoms with van der Waals surface area (Å²) in [7, 11) is 0. The average molecular weight is 1220 g/mol. The van der Waals surface area contributed by atoms with Gasteiger partial charge in [0.05, 0.1) is 36.2 Å². The second-order valence-corrected chi connectivity index (χ2v) is 24.9. The van der Waals surface area contributed by atoms with Crippen molar-refractivity contribution >= 4 is 41.7 Å². The van der Waals surface area contributed by atoms with Crippen LogP contribution in [0.3, 0.4) is 0 Å². The number of allylic oxidation sites excluding steroid dienone is 2. The number of hydrogen-bond donors (Lipinski definition) is 3. The highest BCUT2D eigenvalue weighted by Gasteiger charge is 2.78. The van der Waals surface area contributed by atoms with Crippen LogP contribution >= 0.6 is 0 Å². The standard InChI is InChI=1S/C69H89NO18/c1-8-9-10-11-12-13-14-15-16-17-18-19-20-21-31-38-54-80-41-50(84-54)42-81-65(78)86-58(56(47-32-25-22-26-33-47)70-62(75)48-34-27-23-28-35-48)64(77)85-51-40-69(79)61(87-63(76)49-36-29-24-30-37-49)59-67(7,52(73)39-53-68(59,43-82-53)88-46(4)72)60(74)57(83-45(3)71)55(44(51)2)66(69,5)6/h15-16,22-30,32-37,50-54,56-59,61,73,79H,8-14,17-21,31,38-43H2,1-7H3,(H,70,75)/b16-15-/t50-,51-,52-,53+,54+,56-,57+,58+,59-,61-,67+,68-,69+/m0/s1. The molecule has 3 aliphatic carbocycles. The Morgan fingerprint density at radius 2 is 1.35 bits per heavy atom. The van der Waals surface area contributed by atoms with E-state index in [4.69, 9.17) is 42.6 Å². The van der Waals surface area contributed by atoms with Gasteiger partial charge in [-0.3, -0.25) is 19.2 Å². The molecule has 0 spiro atoms. The Hall–Kier alpha value is -6.77. The lowest BCUT2D eigenvalue weighted by Crippen LogP contribution is -2.82. The molecule has 0 aromatic heterocycles. The molecule has 478 valence electrons. The molecular formula is C69H89NO18. The zero-order valence-electron chi connectivity index (χ0n) is 51.9. The van der Waals surface area contributed by atoms with E-state index in [0.717, 1.165) is 58.8 Å². The first-order chi connectivity index (χ1) is 42.2. The summed E-state index contributed by atoms with van der Waals surface area (Å²) in [5.74, 6) is -7.13. The monoisotopic (exact) mass is 1220 g/mol. The van der Waals surface area contributed by atoms with Gasteiger partial charge in [-0.1, -0.05) is 151 Å². The third-order valence-corrected chi connectivity index (χ3v) is 18.6. The van der Waals surface area contributed by atoms with Gasteiger partial charge in [0.1, 0.15) is 42.7 Å². The maximum Gasteiger partial charge on any atom is 0.509 e. The molecule has 0 unspecified atom stereocenters. The number of aliphatic hydroxyl groups excluding tert-OH is 1. The van der Waals surface area contributed by atoms with Crippen molar-refractivity contribution in [2.75, 3.05) is 19.8 Å². The zero-order chi connectivity index (χ0) is 63.2. The summed E-state index contributed by atoms with van der Waals surface area (Å²) in [4.78, 5) is 101. The molecule has 5 aliphatic rings. The van der Waals surface area contributed by atoms with Crippen molar-refractivity contribution in [3.05, 3.63) is 131 Å². The SMILES string of the molecule is CCCCCCCC/C=C\CCCCCCC[C@@H]1OC[C@@H](COC(=O)O[C@@H](C(=O)O[C@H]2C[C@@]3(O)[C@@H](OC(=O)c4ccccc4)[C@@H]4[C@]5(OC(C)=O)CO[C@@H]5C[C@H](O)[C@@]4(C)C(=O)[C@H](OC(C)=O)C(=C2C)C3(C)C)[C@@H](NC(=O)c2ccccc2)c2ccccc2)O1. The minimum Gasteiger partial charge on any atom is -0.455 e. The van der Waals surface area contributed by atoms with E-state index >= 15 is 9.59 Å². The fraction of sp³-hybridized carbons (Fsp3) is 0.580. The Kier molecular flexibility index (Phi) is 23.0. The lowest BCUT2D eigenvalue weighted by Gasteiger charge is -2.67. The molecule has 13 atom stereocenters. The zero-order valence-corrected chi connectivity index (χ0v) is 51.9. The summed E-state index contributed by atoms with van der Waals surface area (Å²) >= 11 is 0. The van der Waals surface area contributed by atoms with Crippen molar-refractivity contribution in [1.82, 2.24) is 5.32 Å². The second-order valence-electron chi connectivity index (χ2n) is 24.9. The number of hydrogen-bond acceptors (Lipinski definition) is 18. The van der Waals surface area contributed by atoms with Crippen molar-refractivity contribution < 1.29 is 86.4 Å². The predicted molar refractivity (Wildman–Crippen MR) is 322 cm³/mol. The van der Waals surface area contributed by atoms with Crippen LogP contribution in [0.25, 0.3) is 0 Å². The van der Waals surface area contributed by atoms with Gasteiger partial charge in [-0.25, -0.2) is 14.4 Å². The first-order valence-corrected chi connectivity index (χ1v) is 31.4. The van der Waals surface area contributed by atoms with Gasteiger partial charge in [0.15, 0.2) is 23.8 Å². The van der Waals surface area contributed by atoms with Crippen LogP contribution in [-0.4, -0.2) is 132 Å². The number of amides is 1. The molecule has 4 fully saturated rings. The number of carbonyl (C=O) groups is 7. The number of benzene rings is 3. The van der Waals surface area contributed by atoms with Crippen molar-refractivity contribution in [3.63, 3.8) is 0 Å². The van der Waals surface area contributed by atoms with Crippen molar-refractivity contribution in [2.45, 2.75) is 217 Å². The third-order valence-electron chi connectivity index (χ3n) is 18.6. The minimum atomic E-state index is -2.49. The van der Waals surface area contributed by atoms with E-state index in [2.05, 4.69) is 24.4 Å². The van der Waals surface area contributed by atoms with Crippen LogP contribution in [0.15, 0.2) is 114 Å². The van der Waals surface area contributed by atoms with Crippen LogP contribution in [0.5, 0.6) is 0 Å². The van der Waals surface area contributed by atoms with Crippen LogP contribution in [0.2, 0.25) is 0 Å². The van der Waals surface area contributed by atoms with Gasteiger partial charge in [0.25, 0.3) is 5.91 Å². The molecule has 3 aromatic carbocycles. The number of carbonyl (C=O) groups excluding carboxylic acids is 7. The largest absolute Gasteiger partial charge is 0.509 e.